The van der Waals surface area contributed by atoms with E-state index < -0.39 is 0 Å². The van der Waals surface area contributed by atoms with Crippen LogP contribution in [0.4, 0.5) is 0 Å². The van der Waals surface area contributed by atoms with E-state index in [1.54, 1.807) is 0 Å². The first kappa shape index (κ1) is 7.58. The van der Waals surface area contributed by atoms with E-state index in [0.29, 0.717) is 11.8 Å². The van der Waals surface area contributed by atoms with Crippen LogP contribution in [0.25, 0.3) is 0 Å². The fourth-order valence-electron chi connectivity index (χ4n) is 1.07. The standard InChI is InChI=1S/C8H15NO/c1-3-4-9-8(10)7-5-6(7)2/h6-7H,3-5H2,1-2H3,(H,9,10)/t6-,7+/m0/s1. The number of carbonyl (C=O) groups is 1. The molecule has 0 spiro atoms. The zero-order valence-electron chi connectivity index (χ0n) is 6.68. The molecule has 1 aliphatic rings. The Balaban J connectivity index is 2.11. The van der Waals surface area contributed by atoms with Crippen molar-refractivity contribution in [1.82, 2.24) is 5.32 Å². The number of carbonyl (C=O) groups excluding carboxylic acids is 1. The fourth-order valence-corrected chi connectivity index (χ4v) is 1.07. The second-order valence-corrected chi connectivity index (χ2v) is 3.11. The highest BCUT2D eigenvalue weighted by Gasteiger charge is 2.38. The third-order valence-corrected chi connectivity index (χ3v) is 2.00. The van der Waals surface area contributed by atoms with Gasteiger partial charge in [-0.15, -0.1) is 0 Å². The van der Waals surface area contributed by atoms with Gasteiger partial charge in [0.2, 0.25) is 5.91 Å². The average molecular weight is 141 g/mol. The highest BCUT2D eigenvalue weighted by molar-refractivity contribution is 5.81. The van der Waals surface area contributed by atoms with E-state index in [9.17, 15) is 4.79 Å². The molecular formula is C8H15NO. The number of hydrogen-bond donors (Lipinski definition) is 1. The maximum Gasteiger partial charge on any atom is 0.223 e. The average Bonchev–Trinajstić information content (AvgIpc) is 2.62. The van der Waals surface area contributed by atoms with E-state index in [1.807, 2.05) is 0 Å². The minimum absolute atomic E-state index is 0.259. The molecule has 0 aromatic carbocycles. The van der Waals surface area contributed by atoms with Crippen molar-refractivity contribution in [3.63, 3.8) is 0 Å². The maximum absolute atomic E-state index is 11.1. The lowest BCUT2D eigenvalue weighted by Crippen LogP contribution is -2.25. The van der Waals surface area contributed by atoms with Crippen molar-refractivity contribution in [2.24, 2.45) is 11.8 Å². The molecule has 0 radical (unpaired) electrons. The first-order chi connectivity index (χ1) is 4.75. The predicted molar refractivity (Wildman–Crippen MR) is 40.6 cm³/mol. The van der Waals surface area contributed by atoms with Gasteiger partial charge in [-0.2, -0.15) is 0 Å². The monoisotopic (exact) mass is 141 g/mol. The van der Waals surface area contributed by atoms with Gasteiger partial charge in [0, 0.05) is 12.5 Å². The third kappa shape index (κ3) is 1.72. The Morgan fingerprint density at radius 3 is 2.70 bits per heavy atom. The van der Waals surface area contributed by atoms with E-state index in [4.69, 9.17) is 0 Å². The van der Waals surface area contributed by atoms with Gasteiger partial charge in [-0.3, -0.25) is 4.79 Å². The molecule has 0 aromatic rings. The van der Waals surface area contributed by atoms with E-state index in [-0.39, 0.29) is 5.91 Å². The predicted octanol–water partition coefficient (Wildman–Crippen LogP) is 1.17. The molecule has 1 saturated carbocycles. The summed E-state index contributed by atoms with van der Waals surface area (Å²) in [5, 5.41) is 2.89. The largest absolute Gasteiger partial charge is 0.356 e. The van der Waals surface area contributed by atoms with Gasteiger partial charge < -0.3 is 5.32 Å². The molecule has 0 unspecified atom stereocenters. The van der Waals surface area contributed by atoms with Gasteiger partial charge in [-0.05, 0) is 18.8 Å². The van der Waals surface area contributed by atoms with Crippen LogP contribution in [0.15, 0.2) is 0 Å². The van der Waals surface area contributed by atoms with Gasteiger partial charge in [-0.25, -0.2) is 0 Å². The van der Waals surface area contributed by atoms with Crippen LogP contribution in [-0.2, 0) is 4.79 Å². The van der Waals surface area contributed by atoms with E-state index in [0.717, 1.165) is 19.4 Å². The fraction of sp³-hybridized carbons (Fsp3) is 0.875. The summed E-state index contributed by atoms with van der Waals surface area (Å²) >= 11 is 0. The summed E-state index contributed by atoms with van der Waals surface area (Å²) in [6.07, 6.45) is 2.13. The second kappa shape index (κ2) is 3.04. The number of amides is 1. The summed E-state index contributed by atoms with van der Waals surface area (Å²) < 4.78 is 0. The number of nitrogens with one attached hydrogen (secondary N) is 1. The van der Waals surface area contributed by atoms with Crippen molar-refractivity contribution < 1.29 is 4.79 Å². The zero-order valence-corrected chi connectivity index (χ0v) is 6.68. The Morgan fingerprint density at radius 2 is 2.30 bits per heavy atom. The Labute approximate surface area is 62.0 Å². The first-order valence-electron chi connectivity index (χ1n) is 4.03. The van der Waals surface area contributed by atoms with E-state index in [1.165, 1.54) is 0 Å². The third-order valence-electron chi connectivity index (χ3n) is 2.00. The minimum atomic E-state index is 0.259. The normalized spacial score (nSPS) is 29.8. The highest BCUT2D eigenvalue weighted by atomic mass is 16.2. The highest BCUT2D eigenvalue weighted by Crippen LogP contribution is 2.37. The van der Waals surface area contributed by atoms with Crippen LogP contribution in [0.2, 0.25) is 0 Å². The zero-order chi connectivity index (χ0) is 7.56. The van der Waals surface area contributed by atoms with Gasteiger partial charge in [0.1, 0.15) is 0 Å². The lowest BCUT2D eigenvalue weighted by atomic mass is 10.3. The maximum atomic E-state index is 11.1. The van der Waals surface area contributed by atoms with Crippen molar-refractivity contribution in [3.8, 4) is 0 Å². The van der Waals surface area contributed by atoms with Gasteiger partial charge in [-0.1, -0.05) is 13.8 Å². The molecule has 1 N–H and O–H groups in total. The van der Waals surface area contributed by atoms with E-state index in [2.05, 4.69) is 19.2 Å². The SMILES string of the molecule is CCCNC(=O)[C@@H]1C[C@@H]1C. The van der Waals surface area contributed by atoms with Crippen LogP contribution >= 0.6 is 0 Å². The molecule has 0 aromatic heterocycles. The quantitative estimate of drug-likeness (QED) is 0.628. The van der Waals surface area contributed by atoms with Crippen LogP contribution in [0.1, 0.15) is 26.7 Å². The van der Waals surface area contributed by atoms with Crippen LogP contribution in [-0.4, -0.2) is 12.5 Å². The topological polar surface area (TPSA) is 29.1 Å². The van der Waals surface area contributed by atoms with Crippen LogP contribution in [0, 0.1) is 11.8 Å². The summed E-state index contributed by atoms with van der Waals surface area (Å²) in [5.41, 5.74) is 0. The first-order valence-corrected chi connectivity index (χ1v) is 4.03. The minimum Gasteiger partial charge on any atom is -0.356 e. The van der Waals surface area contributed by atoms with E-state index >= 15 is 0 Å². The Bertz CT molecular complexity index is 133. The molecule has 0 bridgehead atoms. The summed E-state index contributed by atoms with van der Waals surface area (Å²) in [6.45, 7) is 5.02. The summed E-state index contributed by atoms with van der Waals surface area (Å²) in [6, 6.07) is 0. The molecule has 2 heteroatoms. The van der Waals surface area contributed by atoms with Gasteiger partial charge in [0.05, 0.1) is 0 Å². The molecule has 1 fully saturated rings. The van der Waals surface area contributed by atoms with Crippen molar-refractivity contribution in [1.29, 1.82) is 0 Å². The summed E-state index contributed by atoms with van der Waals surface area (Å²) in [7, 11) is 0. The van der Waals surface area contributed by atoms with Crippen molar-refractivity contribution in [2.75, 3.05) is 6.54 Å². The summed E-state index contributed by atoms with van der Waals surface area (Å²) in [5.74, 6) is 1.23. The molecule has 0 saturated heterocycles. The van der Waals surface area contributed by atoms with Crippen LogP contribution in [0.5, 0.6) is 0 Å². The molecule has 58 valence electrons. The summed E-state index contributed by atoms with van der Waals surface area (Å²) in [4.78, 5) is 11.1. The number of hydrogen-bond acceptors (Lipinski definition) is 1. The molecule has 0 heterocycles. The van der Waals surface area contributed by atoms with Crippen LogP contribution in [0.3, 0.4) is 0 Å². The van der Waals surface area contributed by atoms with Crippen LogP contribution < -0.4 is 5.32 Å². The molecule has 2 nitrogen and oxygen atoms in total. The Morgan fingerprint density at radius 1 is 1.70 bits per heavy atom. The van der Waals surface area contributed by atoms with Gasteiger partial charge in [0.15, 0.2) is 0 Å². The second-order valence-electron chi connectivity index (χ2n) is 3.11. The molecule has 1 amide bonds. The van der Waals surface area contributed by atoms with Gasteiger partial charge >= 0.3 is 0 Å². The van der Waals surface area contributed by atoms with Gasteiger partial charge in [0.25, 0.3) is 0 Å². The Kier molecular flexibility index (Phi) is 2.30. The molecule has 1 rings (SSSR count). The lowest BCUT2D eigenvalue weighted by Gasteiger charge is -1.99. The van der Waals surface area contributed by atoms with Crippen molar-refractivity contribution in [3.05, 3.63) is 0 Å². The number of rotatable bonds is 3. The molecule has 2 atom stereocenters. The molecule has 0 aliphatic heterocycles. The van der Waals surface area contributed by atoms with Crippen molar-refractivity contribution >= 4 is 5.91 Å². The Hall–Kier alpha value is -0.530. The molecule has 1 aliphatic carbocycles. The lowest BCUT2D eigenvalue weighted by molar-refractivity contribution is -0.122. The van der Waals surface area contributed by atoms with Crippen molar-refractivity contribution in [2.45, 2.75) is 26.7 Å². The smallest absolute Gasteiger partial charge is 0.223 e. The molecule has 10 heavy (non-hydrogen) atoms. The molecular weight excluding hydrogens is 126 g/mol.